The SMILES string of the molecule is CCOC(=O)N1CCC(C(=O)N2CCN(c3nnnn3-c3ccccc3)CC2)CC1. The van der Waals surface area contributed by atoms with Crippen LogP contribution in [-0.2, 0) is 9.53 Å². The van der Waals surface area contributed by atoms with Crippen molar-refractivity contribution in [1.29, 1.82) is 0 Å². The standard InChI is InChI=1S/C20H27N7O3/c1-2-30-20(29)26-10-8-16(9-11-26)18(28)24-12-14-25(15-13-24)19-21-22-23-27(19)17-6-4-3-5-7-17/h3-7,16H,2,8-15H2,1H3. The summed E-state index contributed by atoms with van der Waals surface area (Å²) in [5.41, 5.74) is 0.907. The molecule has 160 valence electrons. The first-order chi connectivity index (χ1) is 14.7. The highest BCUT2D eigenvalue weighted by molar-refractivity contribution is 5.79. The third-order valence-electron chi connectivity index (χ3n) is 5.70. The quantitative estimate of drug-likeness (QED) is 0.742. The zero-order chi connectivity index (χ0) is 20.9. The number of anilines is 1. The van der Waals surface area contributed by atoms with Gasteiger partial charge in [-0.05, 0) is 42.3 Å². The van der Waals surface area contributed by atoms with E-state index in [9.17, 15) is 9.59 Å². The first-order valence-electron chi connectivity index (χ1n) is 10.5. The third-order valence-corrected chi connectivity index (χ3v) is 5.70. The minimum atomic E-state index is -0.284. The normalized spacial score (nSPS) is 17.8. The number of hydrogen-bond donors (Lipinski definition) is 0. The summed E-state index contributed by atoms with van der Waals surface area (Å²) in [6.07, 6.45) is 1.09. The highest BCUT2D eigenvalue weighted by Gasteiger charge is 2.32. The molecule has 0 bridgehead atoms. The van der Waals surface area contributed by atoms with Gasteiger partial charge < -0.3 is 19.4 Å². The van der Waals surface area contributed by atoms with E-state index in [0.717, 1.165) is 5.69 Å². The number of carbonyl (C=O) groups is 2. The van der Waals surface area contributed by atoms with E-state index in [1.807, 2.05) is 35.2 Å². The summed E-state index contributed by atoms with van der Waals surface area (Å²) in [5, 5.41) is 12.1. The molecule has 0 spiro atoms. The van der Waals surface area contributed by atoms with Crippen molar-refractivity contribution < 1.29 is 14.3 Å². The van der Waals surface area contributed by atoms with Crippen LogP contribution in [0.2, 0.25) is 0 Å². The molecule has 2 aromatic rings. The topological polar surface area (TPSA) is 96.7 Å². The summed E-state index contributed by atoms with van der Waals surface area (Å²) in [7, 11) is 0. The van der Waals surface area contributed by atoms with Crippen molar-refractivity contribution >= 4 is 17.9 Å². The molecule has 3 heterocycles. The average Bonchev–Trinajstić information content (AvgIpc) is 3.29. The van der Waals surface area contributed by atoms with Crippen molar-refractivity contribution in [1.82, 2.24) is 30.0 Å². The van der Waals surface area contributed by atoms with E-state index in [4.69, 9.17) is 4.74 Å². The largest absolute Gasteiger partial charge is 0.450 e. The molecule has 0 N–H and O–H groups in total. The number of para-hydroxylation sites is 1. The second kappa shape index (κ2) is 9.10. The molecular weight excluding hydrogens is 386 g/mol. The fourth-order valence-electron chi connectivity index (χ4n) is 4.02. The molecule has 0 aliphatic carbocycles. The Labute approximate surface area is 175 Å². The number of ether oxygens (including phenoxy) is 1. The van der Waals surface area contributed by atoms with Crippen LogP contribution >= 0.6 is 0 Å². The van der Waals surface area contributed by atoms with Gasteiger partial charge in [0.1, 0.15) is 0 Å². The summed E-state index contributed by atoms with van der Waals surface area (Å²) in [5.74, 6) is 0.841. The monoisotopic (exact) mass is 413 g/mol. The van der Waals surface area contributed by atoms with Crippen LogP contribution in [0.15, 0.2) is 30.3 Å². The van der Waals surface area contributed by atoms with E-state index >= 15 is 0 Å². The molecule has 1 aromatic heterocycles. The van der Waals surface area contributed by atoms with Crippen molar-refractivity contribution in [2.24, 2.45) is 5.92 Å². The Balaban J connectivity index is 1.31. The Morgan fingerprint density at radius 2 is 1.70 bits per heavy atom. The molecule has 0 radical (unpaired) electrons. The molecule has 4 rings (SSSR count). The van der Waals surface area contributed by atoms with Crippen LogP contribution in [0.3, 0.4) is 0 Å². The van der Waals surface area contributed by atoms with E-state index in [-0.39, 0.29) is 17.9 Å². The van der Waals surface area contributed by atoms with Gasteiger partial charge in [-0.1, -0.05) is 23.3 Å². The number of piperidine rings is 1. The maximum absolute atomic E-state index is 13.0. The maximum Gasteiger partial charge on any atom is 0.409 e. The van der Waals surface area contributed by atoms with Crippen molar-refractivity contribution in [3.05, 3.63) is 30.3 Å². The smallest absolute Gasteiger partial charge is 0.409 e. The van der Waals surface area contributed by atoms with E-state index in [2.05, 4.69) is 20.4 Å². The Kier molecular flexibility index (Phi) is 6.10. The Bertz CT molecular complexity index is 856. The fraction of sp³-hybridized carbons (Fsp3) is 0.550. The molecule has 2 fully saturated rings. The minimum absolute atomic E-state index is 0.0307. The van der Waals surface area contributed by atoms with Gasteiger partial charge in [-0.2, -0.15) is 4.68 Å². The summed E-state index contributed by atoms with van der Waals surface area (Å²) >= 11 is 0. The number of amides is 2. The highest BCUT2D eigenvalue weighted by Crippen LogP contribution is 2.22. The first-order valence-corrected chi connectivity index (χ1v) is 10.5. The first kappa shape index (κ1) is 20.1. The molecule has 0 unspecified atom stereocenters. The zero-order valence-electron chi connectivity index (χ0n) is 17.2. The molecule has 2 amide bonds. The molecule has 2 aliphatic heterocycles. The van der Waals surface area contributed by atoms with Gasteiger partial charge in [-0.15, -0.1) is 0 Å². The van der Waals surface area contributed by atoms with Crippen LogP contribution in [0, 0.1) is 5.92 Å². The lowest BCUT2D eigenvalue weighted by atomic mass is 9.95. The van der Waals surface area contributed by atoms with E-state index in [1.165, 1.54) is 0 Å². The molecule has 0 atom stereocenters. The van der Waals surface area contributed by atoms with Crippen LogP contribution in [-0.4, -0.2) is 87.9 Å². The lowest BCUT2D eigenvalue weighted by Gasteiger charge is -2.38. The number of nitrogens with zero attached hydrogens (tertiary/aromatic N) is 7. The van der Waals surface area contributed by atoms with Crippen molar-refractivity contribution in [3.63, 3.8) is 0 Å². The van der Waals surface area contributed by atoms with E-state index in [1.54, 1.807) is 16.5 Å². The van der Waals surface area contributed by atoms with Crippen LogP contribution in [0.1, 0.15) is 19.8 Å². The molecule has 2 saturated heterocycles. The number of likely N-dealkylation sites (tertiary alicyclic amines) is 1. The number of tetrazole rings is 1. The highest BCUT2D eigenvalue weighted by atomic mass is 16.6. The molecule has 1 aromatic carbocycles. The van der Waals surface area contributed by atoms with Gasteiger partial charge in [0.05, 0.1) is 12.3 Å². The second-order valence-corrected chi connectivity index (χ2v) is 7.50. The van der Waals surface area contributed by atoms with Gasteiger partial charge in [0.25, 0.3) is 0 Å². The summed E-state index contributed by atoms with van der Waals surface area (Å²) in [4.78, 5) is 30.5. The maximum atomic E-state index is 13.0. The molecular formula is C20H27N7O3. The molecule has 2 aliphatic rings. The molecule has 0 saturated carbocycles. The van der Waals surface area contributed by atoms with Gasteiger partial charge in [-0.3, -0.25) is 4.79 Å². The lowest BCUT2D eigenvalue weighted by molar-refractivity contribution is -0.137. The Morgan fingerprint density at radius 3 is 2.37 bits per heavy atom. The zero-order valence-corrected chi connectivity index (χ0v) is 17.2. The summed E-state index contributed by atoms with van der Waals surface area (Å²) in [6, 6.07) is 9.77. The number of aromatic nitrogens is 4. The predicted molar refractivity (Wildman–Crippen MR) is 109 cm³/mol. The van der Waals surface area contributed by atoms with Crippen molar-refractivity contribution in [2.75, 3.05) is 50.8 Å². The molecule has 10 heteroatoms. The number of carbonyl (C=O) groups excluding carboxylic acids is 2. The van der Waals surface area contributed by atoms with Crippen molar-refractivity contribution in [3.8, 4) is 5.69 Å². The van der Waals surface area contributed by atoms with Gasteiger partial charge in [0.2, 0.25) is 11.9 Å². The predicted octanol–water partition coefficient (Wildman–Crippen LogP) is 1.18. The third kappa shape index (κ3) is 4.22. The van der Waals surface area contributed by atoms with Crippen LogP contribution in [0.25, 0.3) is 5.69 Å². The summed E-state index contributed by atoms with van der Waals surface area (Å²) < 4.78 is 6.77. The van der Waals surface area contributed by atoms with Gasteiger partial charge in [0.15, 0.2) is 0 Å². The van der Waals surface area contributed by atoms with Crippen LogP contribution < -0.4 is 4.90 Å². The van der Waals surface area contributed by atoms with E-state index < -0.39 is 0 Å². The Morgan fingerprint density at radius 1 is 1.00 bits per heavy atom. The van der Waals surface area contributed by atoms with E-state index in [0.29, 0.717) is 64.7 Å². The number of rotatable bonds is 4. The van der Waals surface area contributed by atoms with Crippen LogP contribution in [0.5, 0.6) is 0 Å². The van der Waals surface area contributed by atoms with Gasteiger partial charge >= 0.3 is 6.09 Å². The van der Waals surface area contributed by atoms with Gasteiger partial charge in [0, 0.05) is 45.2 Å². The average molecular weight is 413 g/mol. The lowest BCUT2D eigenvalue weighted by Crippen LogP contribution is -2.52. The number of piperazine rings is 1. The summed E-state index contributed by atoms with van der Waals surface area (Å²) in [6.45, 7) is 5.95. The Hall–Kier alpha value is -3.17. The number of hydrogen-bond acceptors (Lipinski definition) is 7. The number of benzene rings is 1. The van der Waals surface area contributed by atoms with Crippen molar-refractivity contribution in [2.45, 2.75) is 19.8 Å². The second-order valence-electron chi connectivity index (χ2n) is 7.50. The fourth-order valence-corrected chi connectivity index (χ4v) is 4.02. The van der Waals surface area contributed by atoms with Gasteiger partial charge in [-0.25, -0.2) is 4.79 Å². The molecule has 30 heavy (non-hydrogen) atoms. The molecule has 10 nitrogen and oxygen atoms in total. The van der Waals surface area contributed by atoms with Crippen LogP contribution in [0.4, 0.5) is 10.7 Å². The minimum Gasteiger partial charge on any atom is -0.450 e.